The molecule has 0 radical (unpaired) electrons. The summed E-state index contributed by atoms with van der Waals surface area (Å²) in [6.45, 7) is 3.96. The van der Waals surface area contributed by atoms with Crippen molar-refractivity contribution in [3.8, 4) is 22.9 Å². The number of oxazole rings is 1. The summed E-state index contributed by atoms with van der Waals surface area (Å²) in [5, 5.41) is 8.75. The van der Waals surface area contributed by atoms with E-state index in [2.05, 4.69) is 15.2 Å². The van der Waals surface area contributed by atoms with Crippen LogP contribution in [0.4, 0.5) is 0 Å². The first kappa shape index (κ1) is 16.6. The van der Waals surface area contributed by atoms with Gasteiger partial charge in [-0.15, -0.1) is 10.2 Å². The molecule has 0 N–H and O–H groups in total. The van der Waals surface area contributed by atoms with Crippen LogP contribution in [0.25, 0.3) is 22.9 Å². The number of thioether (sulfide) groups is 1. The monoisotopic (exact) mass is 363 g/mol. The van der Waals surface area contributed by atoms with Gasteiger partial charge in [0.25, 0.3) is 5.22 Å². The molecule has 0 saturated heterocycles. The predicted octanol–water partition coefficient (Wildman–Crippen LogP) is 5.30. The summed E-state index contributed by atoms with van der Waals surface area (Å²) in [6, 6.07) is 17.9. The minimum Gasteiger partial charge on any atom is -0.441 e. The van der Waals surface area contributed by atoms with Crippen LogP contribution in [0.2, 0.25) is 0 Å². The molecule has 4 aromatic rings. The molecule has 0 saturated carbocycles. The molecule has 4 rings (SSSR count). The highest BCUT2D eigenvalue weighted by Crippen LogP contribution is 2.28. The van der Waals surface area contributed by atoms with Gasteiger partial charge in [0.1, 0.15) is 5.76 Å². The summed E-state index contributed by atoms with van der Waals surface area (Å²) in [6.07, 6.45) is 0. The van der Waals surface area contributed by atoms with Gasteiger partial charge in [-0.25, -0.2) is 4.98 Å². The van der Waals surface area contributed by atoms with Gasteiger partial charge in [0.05, 0.1) is 5.69 Å². The normalized spacial score (nSPS) is 11.0. The minimum atomic E-state index is 0.518. The Morgan fingerprint density at radius 2 is 1.54 bits per heavy atom. The highest BCUT2D eigenvalue weighted by Gasteiger charge is 2.14. The van der Waals surface area contributed by atoms with Crippen LogP contribution in [0.5, 0.6) is 0 Å². The molecular formula is C20H17N3O2S. The van der Waals surface area contributed by atoms with E-state index in [4.69, 9.17) is 8.83 Å². The van der Waals surface area contributed by atoms with Crippen molar-refractivity contribution >= 4 is 11.8 Å². The zero-order valence-corrected chi connectivity index (χ0v) is 15.3. The number of benzene rings is 2. The topological polar surface area (TPSA) is 65.0 Å². The fourth-order valence-corrected chi connectivity index (χ4v) is 3.24. The lowest BCUT2D eigenvalue weighted by molar-refractivity contribution is 0.465. The Bertz CT molecular complexity index is 1010. The van der Waals surface area contributed by atoms with Crippen molar-refractivity contribution in [2.45, 2.75) is 24.8 Å². The first-order valence-corrected chi connectivity index (χ1v) is 9.22. The van der Waals surface area contributed by atoms with E-state index >= 15 is 0 Å². The lowest BCUT2D eigenvalue weighted by Gasteiger charge is -1.95. The molecule has 0 unspecified atom stereocenters. The highest BCUT2D eigenvalue weighted by molar-refractivity contribution is 7.98. The van der Waals surface area contributed by atoms with Gasteiger partial charge in [-0.1, -0.05) is 47.7 Å². The maximum Gasteiger partial charge on any atom is 0.277 e. The molecule has 0 aliphatic carbocycles. The average Bonchev–Trinajstić information content (AvgIpc) is 3.28. The Morgan fingerprint density at radius 1 is 0.808 bits per heavy atom. The molecule has 130 valence electrons. The second-order valence-corrected chi connectivity index (χ2v) is 6.84. The van der Waals surface area contributed by atoms with Crippen LogP contribution >= 0.6 is 11.8 Å². The summed E-state index contributed by atoms with van der Waals surface area (Å²) >= 11 is 1.45. The second kappa shape index (κ2) is 7.17. The standard InChI is InChI=1S/C20H17N3O2S/c1-13-8-10-16(11-9-13)19-22-23-20(25-19)26-12-17-14(2)24-18(21-17)15-6-4-3-5-7-15/h3-11H,12H2,1-2H3. The Morgan fingerprint density at radius 3 is 2.31 bits per heavy atom. The van der Waals surface area contributed by atoms with Crippen LogP contribution in [0.3, 0.4) is 0 Å². The molecule has 0 fully saturated rings. The van der Waals surface area contributed by atoms with Crippen molar-refractivity contribution < 1.29 is 8.83 Å². The molecule has 0 aliphatic heterocycles. The van der Waals surface area contributed by atoms with Crippen LogP contribution in [0, 0.1) is 13.8 Å². The summed E-state index contributed by atoms with van der Waals surface area (Å²) in [4.78, 5) is 4.59. The largest absolute Gasteiger partial charge is 0.441 e. The van der Waals surface area contributed by atoms with Gasteiger partial charge in [-0.05, 0) is 38.1 Å². The zero-order valence-electron chi connectivity index (χ0n) is 14.5. The molecule has 5 nitrogen and oxygen atoms in total. The molecule has 2 heterocycles. The van der Waals surface area contributed by atoms with E-state index < -0.39 is 0 Å². The Hall–Kier alpha value is -2.86. The van der Waals surface area contributed by atoms with Gasteiger partial charge in [-0.3, -0.25) is 0 Å². The van der Waals surface area contributed by atoms with Crippen molar-refractivity contribution in [1.82, 2.24) is 15.2 Å². The van der Waals surface area contributed by atoms with Gasteiger partial charge >= 0.3 is 0 Å². The predicted molar refractivity (Wildman–Crippen MR) is 101 cm³/mol. The SMILES string of the molecule is Cc1ccc(-c2nnc(SCc3nc(-c4ccccc4)oc3C)o2)cc1. The van der Waals surface area contributed by atoms with Crippen molar-refractivity contribution in [3.05, 3.63) is 71.6 Å². The van der Waals surface area contributed by atoms with E-state index in [1.807, 2.05) is 68.4 Å². The van der Waals surface area contributed by atoms with Crippen LogP contribution in [-0.2, 0) is 5.75 Å². The summed E-state index contributed by atoms with van der Waals surface area (Å²) in [7, 11) is 0. The highest BCUT2D eigenvalue weighted by atomic mass is 32.2. The second-order valence-electron chi connectivity index (χ2n) is 5.92. The minimum absolute atomic E-state index is 0.518. The van der Waals surface area contributed by atoms with E-state index in [-0.39, 0.29) is 0 Å². The number of hydrogen-bond acceptors (Lipinski definition) is 6. The van der Waals surface area contributed by atoms with Crippen LogP contribution in [-0.4, -0.2) is 15.2 Å². The first-order chi connectivity index (χ1) is 12.7. The van der Waals surface area contributed by atoms with Gasteiger partial charge in [0, 0.05) is 16.9 Å². The first-order valence-electron chi connectivity index (χ1n) is 8.24. The van der Waals surface area contributed by atoms with Crippen molar-refractivity contribution in [2.75, 3.05) is 0 Å². The Balaban J connectivity index is 1.46. The molecule has 0 spiro atoms. The van der Waals surface area contributed by atoms with Crippen LogP contribution in [0.15, 0.2) is 68.7 Å². The summed E-state index contributed by atoms with van der Waals surface area (Å²) in [5.41, 5.74) is 3.95. The lowest BCUT2D eigenvalue weighted by atomic mass is 10.1. The van der Waals surface area contributed by atoms with Crippen LogP contribution < -0.4 is 0 Å². The molecule has 0 atom stereocenters. The van der Waals surface area contributed by atoms with E-state index in [1.54, 1.807) is 0 Å². The molecule has 2 aromatic heterocycles. The molecular weight excluding hydrogens is 346 g/mol. The maximum atomic E-state index is 5.78. The molecule has 6 heteroatoms. The number of aryl methyl sites for hydroxylation is 2. The fraction of sp³-hybridized carbons (Fsp3) is 0.150. The lowest BCUT2D eigenvalue weighted by Crippen LogP contribution is -1.84. The van der Waals surface area contributed by atoms with Crippen molar-refractivity contribution in [1.29, 1.82) is 0 Å². The van der Waals surface area contributed by atoms with Gasteiger partial charge < -0.3 is 8.83 Å². The molecule has 0 aliphatic rings. The summed E-state index contributed by atoms with van der Waals surface area (Å²) < 4.78 is 11.5. The van der Waals surface area contributed by atoms with Crippen molar-refractivity contribution in [2.24, 2.45) is 0 Å². The number of hydrogen-bond donors (Lipinski definition) is 0. The third-order valence-corrected chi connectivity index (χ3v) is 4.78. The Kier molecular flexibility index (Phi) is 4.58. The summed E-state index contributed by atoms with van der Waals surface area (Å²) in [5.74, 6) is 2.56. The molecule has 0 amide bonds. The number of rotatable bonds is 5. The maximum absolute atomic E-state index is 5.78. The van der Waals surface area contributed by atoms with E-state index in [9.17, 15) is 0 Å². The van der Waals surface area contributed by atoms with E-state index in [1.165, 1.54) is 17.3 Å². The zero-order chi connectivity index (χ0) is 17.9. The van der Waals surface area contributed by atoms with Gasteiger partial charge in [0.2, 0.25) is 11.8 Å². The molecule has 2 aromatic carbocycles. The smallest absolute Gasteiger partial charge is 0.277 e. The van der Waals surface area contributed by atoms with Crippen LogP contribution in [0.1, 0.15) is 17.0 Å². The van der Waals surface area contributed by atoms with Gasteiger partial charge in [0.15, 0.2) is 0 Å². The van der Waals surface area contributed by atoms with Crippen molar-refractivity contribution in [3.63, 3.8) is 0 Å². The average molecular weight is 363 g/mol. The third kappa shape index (κ3) is 3.55. The van der Waals surface area contributed by atoms with Gasteiger partial charge in [-0.2, -0.15) is 0 Å². The fourth-order valence-electron chi connectivity index (χ4n) is 2.48. The quantitative estimate of drug-likeness (QED) is 0.448. The third-order valence-electron chi connectivity index (χ3n) is 3.95. The van der Waals surface area contributed by atoms with E-state index in [0.29, 0.717) is 22.8 Å². The number of nitrogens with zero attached hydrogens (tertiary/aromatic N) is 3. The number of aromatic nitrogens is 3. The Labute approximate surface area is 155 Å². The molecule has 26 heavy (non-hydrogen) atoms. The molecule has 0 bridgehead atoms. The van der Waals surface area contributed by atoms with E-state index in [0.717, 1.165) is 22.6 Å².